The van der Waals surface area contributed by atoms with Crippen molar-refractivity contribution in [3.8, 4) is 11.8 Å². The van der Waals surface area contributed by atoms with Gasteiger partial charge in [-0.3, -0.25) is 0 Å². The molecule has 0 bridgehead atoms. The van der Waals surface area contributed by atoms with Gasteiger partial charge in [-0.1, -0.05) is 18.2 Å². The molecule has 2 aromatic rings. The minimum absolute atomic E-state index is 0.0675. The van der Waals surface area contributed by atoms with Gasteiger partial charge in [-0.05, 0) is 19.1 Å². The zero-order valence-corrected chi connectivity index (χ0v) is 13.3. The molecule has 0 unspecified atom stereocenters. The van der Waals surface area contributed by atoms with Crippen LogP contribution in [-0.2, 0) is 0 Å². The van der Waals surface area contributed by atoms with Crippen molar-refractivity contribution in [2.24, 2.45) is 0 Å². The topological polar surface area (TPSA) is 101 Å². The van der Waals surface area contributed by atoms with Gasteiger partial charge >= 0.3 is 0 Å². The lowest BCUT2D eigenvalue weighted by Gasteiger charge is -2.11. The summed E-state index contributed by atoms with van der Waals surface area (Å²) >= 11 is 0. The second-order valence-corrected chi connectivity index (χ2v) is 4.85. The molecule has 7 nitrogen and oxygen atoms in total. The molecule has 0 saturated heterocycles. The summed E-state index contributed by atoms with van der Waals surface area (Å²) in [7, 11) is 3.58. The number of anilines is 2. The van der Waals surface area contributed by atoms with Crippen LogP contribution in [0.25, 0.3) is 11.6 Å². The van der Waals surface area contributed by atoms with E-state index in [4.69, 9.17) is 10.5 Å². The molecule has 0 atom stereocenters. The average molecular weight is 310 g/mol. The van der Waals surface area contributed by atoms with Crippen molar-refractivity contribution >= 4 is 23.5 Å². The molecule has 0 aliphatic rings. The second kappa shape index (κ2) is 7.22. The maximum absolute atomic E-state index is 9.47. The number of para-hydroxylation sites is 1. The van der Waals surface area contributed by atoms with Crippen molar-refractivity contribution in [1.29, 1.82) is 5.26 Å². The van der Waals surface area contributed by atoms with E-state index in [9.17, 15) is 5.26 Å². The van der Waals surface area contributed by atoms with Crippen LogP contribution in [0.4, 0.5) is 11.9 Å². The molecular weight excluding hydrogens is 292 g/mol. The van der Waals surface area contributed by atoms with Crippen molar-refractivity contribution in [3.63, 3.8) is 0 Å². The number of hydrogen-bond acceptors (Lipinski definition) is 7. The van der Waals surface area contributed by atoms with Crippen molar-refractivity contribution in [2.75, 3.05) is 31.3 Å². The van der Waals surface area contributed by atoms with Gasteiger partial charge in [0.25, 0.3) is 0 Å². The zero-order valence-electron chi connectivity index (χ0n) is 13.3. The summed E-state index contributed by atoms with van der Waals surface area (Å²) in [5.41, 5.74) is 6.77. The molecular formula is C16H18N6O. The molecule has 2 rings (SSSR count). The Bertz CT molecular complexity index is 763. The fourth-order valence-electron chi connectivity index (χ4n) is 1.89. The summed E-state index contributed by atoms with van der Waals surface area (Å²) in [6.45, 7) is 2.44. The van der Waals surface area contributed by atoms with E-state index >= 15 is 0 Å². The van der Waals surface area contributed by atoms with Gasteiger partial charge in [0.15, 0.2) is 5.82 Å². The van der Waals surface area contributed by atoms with E-state index in [1.54, 1.807) is 25.1 Å². The molecule has 0 spiro atoms. The standard InChI is InChI=1S/C16H18N6O/c1-4-23-13-8-6-5-7-11(13)9-12(10-17)14-19-15(18)21-16(20-14)22(2)3/h5-9H,4H2,1-3H3,(H2,18,19,20,21)/b12-9-. The Morgan fingerprint density at radius 3 is 2.70 bits per heavy atom. The van der Waals surface area contributed by atoms with E-state index in [1.807, 2.05) is 31.2 Å². The van der Waals surface area contributed by atoms with Crippen LogP contribution in [0.3, 0.4) is 0 Å². The van der Waals surface area contributed by atoms with Crippen molar-refractivity contribution in [1.82, 2.24) is 15.0 Å². The molecule has 0 saturated carbocycles. The quantitative estimate of drug-likeness (QED) is 0.842. The summed E-state index contributed by atoms with van der Waals surface area (Å²) in [5, 5.41) is 9.47. The number of hydrogen-bond donors (Lipinski definition) is 1. The number of nitrogen functional groups attached to an aromatic ring is 1. The summed E-state index contributed by atoms with van der Waals surface area (Å²) < 4.78 is 5.56. The average Bonchev–Trinajstić information content (AvgIpc) is 2.53. The number of ether oxygens (including phenoxy) is 1. The minimum atomic E-state index is 0.0675. The van der Waals surface area contributed by atoms with E-state index in [-0.39, 0.29) is 17.3 Å². The summed E-state index contributed by atoms with van der Waals surface area (Å²) in [4.78, 5) is 14.0. The van der Waals surface area contributed by atoms with Crippen molar-refractivity contribution in [2.45, 2.75) is 6.92 Å². The van der Waals surface area contributed by atoms with E-state index in [0.29, 0.717) is 18.3 Å². The van der Waals surface area contributed by atoms with E-state index < -0.39 is 0 Å². The Balaban J connectivity index is 2.51. The summed E-state index contributed by atoms with van der Waals surface area (Å²) in [6, 6.07) is 9.56. The zero-order chi connectivity index (χ0) is 16.8. The Labute approximate surface area is 135 Å². The molecule has 0 radical (unpaired) electrons. The van der Waals surface area contributed by atoms with E-state index in [0.717, 1.165) is 5.56 Å². The predicted molar refractivity (Wildman–Crippen MR) is 89.7 cm³/mol. The lowest BCUT2D eigenvalue weighted by molar-refractivity contribution is 0.339. The number of allylic oxidation sites excluding steroid dienone is 1. The summed E-state index contributed by atoms with van der Waals surface area (Å²) in [5.74, 6) is 1.39. The molecule has 7 heteroatoms. The number of benzene rings is 1. The van der Waals surface area contributed by atoms with Crippen LogP contribution in [0.2, 0.25) is 0 Å². The number of nitriles is 1. The van der Waals surface area contributed by atoms with Crippen LogP contribution in [-0.4, -0.2) is 35.7 Å². The molecule has 0 aliphatic heterocycles. The van der Waals surface area contributed by atoms with Gasteiger partial charge in [0.1, 0.15) is 11.8 Å². The first-order chi connectivity index (χ1) is 11.0. The maximum atomic E-state index is 9.47. The highest BCUT2D eigenvalue weighted by atomic mass is 16.5. The third-order valence-electron chi connectivity index (χ3n) is 2.92. The van der Waals surface area contributed by atoms with Crippen LogP contribution in [0, 0.1) is 11.3 Å². The fourth-order valence-corrected chi connectivity index (χ4v) is 1.89. The maximum Gasteiger partial charge on any atom is 0.230 e. The van der Waals surface area contributed by atoms with Gasteiger partial charge in [0, 0.05) is 19.7 Å². The van der Waals surface area contributed by atoms with Crippen LogP contribution in [0.15, 0.2) is 24.3 Å². The molecule has 1 aromatic carbocycles. The normalized spacial score (nSPS) is 11.0. The monoisotopic (exact) mass is 310 g/mol. The van der Waals surface area contributed by atoms with E-state index in [1.165, 1.54) is 0 Å². The van der Waals surface area contributed by atoms with Gasteiger partial charge in [0.2, 0.25) is 11.9 Å². The lowest BCUT2D eigenvalue weighted by atomic mass is 10.1. The first-order valence-corrected chi connectivity index (χ1v) is 7.08. The van der Waals surface area contributed by atoms with Gasteiger partial charge in [-0.15, -0.1) is 0 Å². The van der Waals surface area contributed by atoms with Crippen molar-refractivity contribution < 1.29 is 4.74 Å². The first-order valence-electron chi connectivity index (χ1n) is 7.08. The second-order valence-electron chi connectivity index (χ2n) is 4.85. The first kappa shape index (κ1) is 16.2. The third kappa shape index (κ3) is 3.95. The highest BCUT2D eigenvalue weighted by Crippen LogP contribution is 2.24. The summed E-state index contributed by atoms with van der Waals surface area (Å²) in [6.07, 6.45) is 1.68. The number of aromatic nitrogens is 3. The van der Waals surface area contributed by atoms with Crippen LogP contribution in [0.1, 0.15) is 18.3 Å². The SMILES string of the molecule is CCOc1ccccc1/C=C(/C#N)c1nc(N)nc(N(C)C)n1. The molecule has 2 N–H and O–H groups in total. The van der Waals surface area contributed by atoms with Crippen LogP contribution in [0.5, 0.6) is 5.75 Å². The van der Waals surface area contributed by atoms with E-state index in [2.05, 4.69) is 21.0 Å². The molecule has 1 heterocycles. The third-order valence-corrected chi connectivity index (χ3v) is 2.92. The molecule has 0 amide bonds. The van der Waals surface area contributed by atoms with Gasteiger partial charge < -0.3 is 15.4 Å². The molecule has 23 heavy (non-hydrogen) atoms. The minimum Gasteiger partial charge on any atom is -0.493 e. The Kier molecular flexibility index (Phi) is 5.10. The molecule has 1 aromatic heterocycles. The molecule has 118 valence electrons. The van der Waals surface area contributed by atoms with Gasteiger partial charge in [0.05, 0.1) is 12.2 Å². The Morgan fingerprint density at radius 1 is 1.30 bits per heavy atom. The fraction of sp³-hybridized carbons (Fsp3) is 0.250. The van der Waals surface area contributed by atoms with Gasteiger partial charge in [-0.2, -0.15) is 20.2 Å². The number of rotatable bonds is 5. The largest absolute Gasteiger partial charge is 0.493 e. The Morgan fingerprint density at radius 2 is 2.04 bits per heavy atom. The number of nitrogens with two attached hydrogens (primary N) is 1. The Hall–Kier alpha value is -3.14. The molecule has 0 aliphatic carbocycles. The number of nitrogens with zero attached hydrogens (tertiary/aromatic N) is 5. The van der Waals surface area contributed by atoms with Gasteiger partial charge in [-0.25, -0.2) is 0 Å². The predicted octanol–water partition coefficient (Wildman–Crippen LogP) is 1.98. The van der Waals surface area contributed by atoms with Crippen LogP contribution >= 0.6 is 0 Å². The highest BCUT2D eigenvalue weighted by molar-refractivity contribution is 5.88. The highest BCUT2D eigenvalue weighted by Gasteiger charge is 2.12. The van der Waals surface area contributed by atoms with Crippen LogP contribution < -0.4 is 15.4 Å². The van der Waals surface area contributed by atoms with Crippen molar-refractivity contribution in [3.05, 3.63) is 35.7 Å². The smallest absolute Gasteiger partial charge is 0.230 e. The molecule has 0 fully saturated rings. The lowest BCUT2D eigenvalue weighted by Crippen LogP contribution is -2.15.